The van der Waals surface area contributed by atoms with Gasteiger partial charge in [-0.05, 0) is 132 Å². The summed E-state index contributed by atoms with van der Waals surface area (Å²) >= 11 is 0. The standard InChI is InChI=1S/C42H59FN8O4/c1-5-28-23-32(9-6-12-34(52)46-33-10-7-17-42(43,26(2)3)18-8-11-33)39-47-38(29-13-15-30-24-31(30)16-14-29)48-51(39)41(55)36(28)49-19-21-50(22-20-49)40(54)35-37(53)27(4)44-25-45-35/h13,25,30-33,39,53H,2,5-12,14-24H2,1,3-4H3,(H,46,52)(H,47,48)/t30?,31?,32-,33?,39?,42?/m0/s1. The molecule has 3 aliphatic carbocycles. The van der Waals surface area contributed by atoms with Crippen molar-refractivity contribution in [2.45, 2.75) is 135 Å². The van der Waals surface area contributed by atoms with Gasteiger partial charge in [-0.3, -0.25) is 19.8 Å². The molecule has 3 amide bonds. The van der Waals surface area contributed by atoms with Crippen molar-refractivity contribution in [1.29, 1.82) is 0 Å². The van der Waals surface area contributed by atoms with Crippen LogP contribution in [0.4, 0.5) is 4.39 Å². The molecule has 0 aromatic carbocycles. The number of rotatable bonds is 10. The molecular formula is C42H59FN8O4. The number of piperazine rings is 1. The highest BCUT2D eigenvalue weighted by molar-refractivity contribution is 6.03. The van der Waals surface area contributed by atoms with Crippen LogP contribution in [-0.2, 0) is 9.59 Å². The van der Waals surface area contributed by atoms with Crippen LogP contribution in [0.25, 0.3) is 0 Å². The van der Waals surface area contributed by atoms with Gasteiger partial charge in [-0.25, -0.2) is 24.4 Å². The first-order valence-corrected chi connectivity index (χ1v) is 20.7. The summed E-state index contributed by atoms with van der Waals surface area (Å²) in [6, 6.07) is 0.0574. The number of aliphatic imine (C=N–C) groups is 1. The maximum absolute atomic E-state index is 15.2. The largest absolute Gasteiger partial charge is 0.504 e. The minimum atomic E-state index is -1.30. The van der Waals surface area contributed by atoms with E-state index >= 15 is 4.39 Å². The summed E-state index contributed by atoms with van der Waals surface area (Å²) in [7, 11) is 0. The van der Waals surface area contributed by atoms with Gasteiger partial charge >= 0.3 is 0 Å². The van der Waals surface area contributed by atoms with Crippen LogP contribution in [0.3, 0.4) is 0 Å². The molecule has 0 spiro atoms. The van der Waals surface area contributed by atoms with Gasteiger partial charge in [0.05, 0.1) is 5.69 Å². The Balaban J connectivity index is 1.04. The number of nitrogens with one attached hydrogen (secondary N) is 2. The number of carbonyl (C=O) groups excluding carboxylic acids is 3. The highest BCUT2D eigenvalue weighted by Crippen LogP contribution is 2.48. The van der Waals surface area contributed by atoms with E-state index in [-0.39, 0.29) is 41.1 Å². The van der Waals surface area contributed by atoms with Gasteiger partial charge in [0.2, 0.25) is 5.91 Å². The molecule has 4 heterocycles. The number of amides is 3. The Morgan fingerprint density at radius 1 is 1.11 bits per heavy atom. The number of aryl methyl sites for hydroxylation is 1. The maximum atomic E-state index is 15.2. The lowest BCUT2D eigenvalue weighted by molar-refractivity contribution is -0.133. The third-order valence-electron chi connectivity index (χ3n) is 13.1. The predicted octanol–water partition coefficient (Wildman–Crippen LogP) is 6.04. The van der Waals surface area contributed by atoms with E-state index in [1.165, 1.54) is 18.3 Å². The SMILES string of the molecule is C=C(C)C1(F)CCCC(NC(=O)CCC[C@H]2CC(CC)=C(N3CCN(C(=O)c4ncnc(C)c4O)CC3)C(=O)N3NC(C4=CCC5CC5CC4)=NC23)CCC1. The number of aromatic hydroxyl groups is 1. The molecule has 55 heavy (non-hydrogen) atoms. The Bertz CT molecular complexity index is 1760. The molecule has 3 N–H and O–H groups in total. The second-order valence-corrected chi connectivity index (χ2v) is 16.8. The van der Waals surface area contributed by atoms with E-state index in [4.69, 9.17) is 4.99 Å². The average molecular weight is 759 g/mol. The topological polar surface area (TPSA) is 143 Å². The Labute approximate surface area is 324 Å². The van der Waals surface area contributed by atoms with Crippen molar-refractivity contribution < 1.29 is 23.9 Å². The second-order valence-electron chi connectivity index (χ2n) is 16.8. The van der Waals surface area contributed by atoms with Crippen molar-refractivity contribution in [3.8, 4) is 5.75 Å². The third-order valence-corrected chi connectivity index (χ3v) is 13.1. The molecule has 13 heteroatoms. The first-order valence-electron chi connectivity index (χ1n) is 20.7. The summed E-state index contributed by atoms with van der Waals surface area (Å²) in [6.07, 6.45) is 14.8. The van der Waals surface area contributed by atoms with Crippen molar-refractivity contribution in [3.05, 3.63) is 52.8 Å². The molecule has 3 fully saturated rings. The number of hydrazine groups is 1. The number of halogens is 1. The summed E-state index contributed by atoms with van der Waals surface area (Å²) < 4.78 is 15.2. The second kappa shape index (κ2) is 16.4. The van der Waals surface area contributed by atoms with Crippen molar-refractivity contribution >= 4 is 23.6 Å². The fourth-order valence-corrected chi connectivity index (χ4v) is 9.48. The smallest absolute Gasteiger partial charge is 0.290 e. The highest BCUT2D eigenvalue weighted by atomic mass is 19.1. The quantitative estimate of drug-likeness (QED) is 0.245. The molecule has 3 unspecified atom stereocenters. The molecule has 3 aliphatic heterocycles. The number of carbonyl (C=O) groups is 3. The van der Waals surface area contributed by atoms with E-state index in [0.29, 0.717) is 81.7 Å². The first kappa shape index (κ1) is 39.0. The summed E-state index contributed by atoms with van der Waals surface area (Å²) in [6.45, 7) is 11.1. The monoisotopic (exact) mass is 758 g/mol. The van der Waals surface area contributed by atoms with Gasteiger partial charge < -0.3 is 20.2 Å². The summed E-state index contributed by atoms with van der Waals surface area (Å²) in [5.41, 5.74) is 6.06. The van der Waals surface area contributed by atoms with Crippen LogP contribution in [0.1, 0.15) is 126 Å². The Kier molecular flexibility index (Phi) is 11.6. The van der Waals surface area contributed by atoms with Gasteiger partial charge in [0.15, 0.2) is 11.4 Å². The molecule has 2 saturated carbocycles. The zero-order valence-corrected chi connectivity index (χ0v) is 32.9. The molecule has 4 atom stereocenters. The van der Waals surface area contributed by atoms with Crippen LogP contribution < -0.4 is 10.7 Å². The number of hydrogen-bond acceptors (Lipinski definition) is 9. The van der Waals surface area contributed by atoms with E-state index in [2.05, 4.69) is 45.2 Å². The van der Waals surface area contributed by atoms with E-state index in [1.54, 1.807) is 23.8 Å². The molecule has 1 saturated heterocycles. The van der Waals surface area contributed by atoms with Crippen LogP contribution in [0.2, 0.25) is 0 Å². The summed E-state index contributed by atoms with van der Waals surface area (Å²) in [5, 5.41) is 15.5. The first-order chi connectivity index (χ1) is 26.5. The van der Waals surface area contributed by atoms with E-state index in [0.717, 1.165) is 74.6 Å². The zero-order chi connectivity index (χ0) is 38.9. The lowest BCUT2D eigenvalue weighted by Crippen LogP contribution is -2.53. The van der Waals surface area contributed by atoms with E-state index < -0.39 is 11.8 Å². The van der Waals surface area contributed by atoms with Gasteiger partial charge in [0, 0.05) is 44.6 Å². The van der Waals surface area contributed by atoms with Crippen LogP contribution >= 0.6 is 0 Å². The molecule has 1 aromatic rings. The number of allylic oxidation sites excluding steroid dienone is 3. The van der Waals surface area contributed by atoms with Crippen LogP contribution in [0, 0.1) is 24.7 Å². The summed E-state index contributed by atoms with van der Waals surface area (Å²) in [4.78, 5) is 58.4. The number of amidine groups is 1. The van der Waals surface area contributed by atoms with Crippen molar-refractivity contribution in [1.82, 2.24) is 35.5 Å². The normalized spacial score (nSPS) is 29.8. The molecule has 7 rings (SSSR count). The minimum Gasteiger partial charge on any atom is -0.504 e. The fraction of sp³-hybridized carbons (Fsp3) is 0.667. The molecule has 0 bridgehead atoms. The number of nitrogens with zero attached hydrogens (tertiary/aromatic N) is 6. The predicted molar refractivity (Wildman–Crippen MR) is 208 cm³/mol. The van der Waals surface area contributed by atoms with Gasteiger partial charge in [-0.15, -0.1) is 0 Å². The van der Waals surface area contributed by atoms with Gasteiger partial charge in [-0.1, -0.05) is 19.6 Å². The van der Waals surface area contributed by atoms with Gasteiger partial charge in [0.1, 0.15) is 29.7 Å². The lowest BCUT2D eigenvalue weighted by atomic mass is 9.83. The fourth-order valence-electron chi connectivity index (χ4n) is 9.48. The minimum absolute atomic E-state index is 0.00785. The number of hydrogen-bond donors (Lipinski definition) is 3. The van der Waals surface area contributed by atoms with Gasteiger partial charge in [-0.2, -0.15) is 0 Å². The average Bonchev–Trinajstić information content (AvgIpc) is 3.84. The van der Waals surface area contributed by atoms with Crippen molar-refractivity contribution in [2.75, 3.05) is 26.2 Å². The molecule has 0 radical (unpaired) electrons. The Hall–Kier alpha value is -4.29. The van der Waals surface area contributed by atoms with E-state index in [9.17, 15) is 19.5 Å². The molecule has 12 nitrogen and oxygen atoms in total. The Morgan fingerprint density at radius 2 is 1.85 bits per heavy atom. The van der Waals surface area contributed by atoms with Crippen molar-refractivity contribution in [2.24, 2.45) is 22.7 Å². The number of aromatic nitrogens is 2. The maximum Gasteiger partial charge on any atom is 0.290 e. The Morgan fingerprint density at radius 3 is 2.56 bits per heavy atom. The number of fused-ring (bicyclic) bond motifs is 2. The molecule has 298 valence electrons. The molecule has 1 aromatic heterocycles. The molecule has 6 aliphatic rings. The lowest BCUT2D eigenvalue weighted by Gasteiger charge is -2.38. The molecular weight excluding hydrogens is 700 g/mol. The summed E-state index contributed by atoms with van der Waals surface area (Å²) in [5.74, 6) is 1.76. The third kappa shape index (κ3) is 8.45. The van der Waals surface area contributed by atoms with Crippen LogP contribution in [0.15, 0.2) is 46.4 Å². The zero-order valence-electron chi connectivity index (χ0n) is 32.9. The van der Waals surface area contributed by atoms with E-state index in [1.807, 2.05) is 0 Å². The van der Waals surface area contributed by atoms with Crippen LogP contribution in [0.5, 0.6) is 5.75 Å². The number of alkyl halides is 1. The van der Waals surface area contributed by atoms with Crippen LogP contribution in [-0.4, -0.2) is 97.5 Å². The highest BCUT2D eigenvalue weighted by Gasteiger charge is 2.45. The van der Waals surface area contributed by atoms with Gasteiger partial charge in [0.25, 0.3) is 11.8 Å². The van der Waals surface area contributed by atoms with Crippen molar-refractivity contribution in [3.63, 3.8) is 0 Å².